The monoisotopic (exact) mass is 380 g/mol. The van der Waals surface area contributed by atoms with E-state index in [0.29, 0.717) is 22.3 Å². The Labute approximate surface area is 122 Å². The van der Waals surface area contributed by atoms with Gasteiger partial charge in [-0.15, -0.1) is 11.6 Å². The van der Waals surface area contributed by atoms with Crippen LogP contribution in [-0.4, -0.2) is 9.97 Å². The first-order chi connectivity index (χ1) is 8.22. The summed E-state index contributed by atoms with van der Waals surface area (Å²) in [5.74, 6) is 1.32. The number of hydrogen-bond acceptors (Lipinski definition) is 3. The maximum Gasteiger partial charge on any atom is 0.228 e. The summed E-state index contributed by atoms with van der Waals surface area (Å²) >= 11 is 13.9. The van der Waals surface area contributed by atoms with Gasteiger partial charge in [0, 0.05) is 0 Å². The fraction of sp³-hybridized carbons (Fsp3) is 0.0909. The Hall–Kier alpha value is -0.590. The van der Waals surface area contributed by atoms with Gasteiger partial charge < -0.3 is 4.74 Å². The van der Waals surface area contributed by atoms with E-state index in [1.807, 2.05) is 24.3 Å². The quantitative estimate of drug-likeness (QED) is 0.453. The Morgan fingerprint density at radius 3 is 2.71 bits per heavy atom. The maximum absolute atomic E-state index is 5.92. The van der Waals surface area contributed by atoms with Crippen molar-refractivity contribution in [2.75, 3.05) is 0 Å². The Balaban J connectivity index is 2.37. The summed E-state index contributed by atoms with van der Waals surface area (Å²) in [5, 5.41) is 0.316. The maximum atomic E-state index is 5.92. The molecule has 3 nitrogen and oxygen atoms in total. The molecule has 1 heterocycles. The molecule has 6 heteroatoms. The summed E-state index contributed by atoms with van der Waals surface area (Å²) in [6, 6.07) is 7.62. The van der Waals surface area contributed by atoms with Gasteiger partial charge in [-0.05, 0) is 34.7 Å². The third kappa shape index (κ3) is 3.00. The van der Waals surface area contributed by atoms with Crippen LogP contribution in [0.25, 0.3) is 0 Å². The van der Waals surface area contributed by atoms with E-state index in [0.717, 1.165) is 3.57 Å². The molecule has 0 aliphatic carbocycles. The smallest absolute Gasteiger partial charge is 0.228 e. The fourth-order valence-electron chi connectivity index (χ4n) is 1.21. The molecule has 1 aromatic carbocycles. The van der Waals surface area contributed by atoms with E-state index in [4.69, 9.17) is 27.9 Å². The third-order valence-corrected chi connectivity index (χ3v) is 3.51. The first-order valence-corrected chi connectivity index (χ1v) is 6.69. The van der Waals surface area contributed by atoms with Crippen molar-refractivity contribution in [3.05, 3.63) is 44.9 Å². The van der Waals surface area contributed by atoms with Crippen LogP contribution in [-0.2, 0) is 5.88 Å². The molecule has 88 valence electrons. The van der Waals surface area contributed by atoms with Gasteiger partial charge in [-0.3, -0.25) is 0 Å². The van der Waals surface area contributed by atoms with Crippen LogP contribution in [0.1, 0.15) is 5.56 Å². The standard InChI is InChI=1S/C11H7Cl2IN2O/c12-5-7-10(13)15-6-16-11(7)17-9-4-2-1-3-8(9)14/h1-4,6H,5H2. The summed E-state index contributed by atoms with van der Waals surface area (Å²) in [7, 11) is 0. The van der Waals surface area contributed by atoms with Crippen molar-refractivity contribution in [1.29, 1.82) is 0 Å². The lowest BCUT2D eigenvalue weighted by atomic mass is 10.3. The molecule has 2 rings (SSSR count). The predicted molar refractivity (Wildman–Crippen MR) is 75.8 cm³/mol. The SMILES string of the molecule is ClCc1c(Cl)ncnc1Oc1ccccc1I. The van der Waals surface area contributed by atoms with Crippen molar-refractivity contribution in [2.45, 2.75) is 5.88 Å². The zero-order valence-electron chi connectivity index (χ0n) is 8.53. The highest BCUT2D eigenvalue weighted by Crippen LogP contribution is 2.30. The van der Waals surface area contributed by atoms with Gasteiger partial charge in [0.2, 0.25) is 5.88 Å². The average molecular weight is 381 g/mol. The number of nitrogens with zero attached hydrogens (tertiary/aromatic N) is 2. The topological polar surface area (TPSA) is 35.0 Å². The van der Waals surface area contributed by atoms with Gasteiger partial charge in [0.05, 0.1) is 15.0 Å². The van der Waals surface area contributed by atoms with Crippen LogP contribution in [0, 0.1) is 3.57 Å². The first-order valence-electron chi connectivity index (χ1n) is 4.70. The Morgan fingerprint density at radius 2 is 2.00 bits per heavy atom. The van der Waals surface area contributed by atoms with Crippen molar-refractivity contribution in [3.8, 4) is 11.6 Å². The molecule has 0 saturated heterocycles. The highest BCUT2D eigenvalue weighted by Gasteiger charge is 2.12. The van der Waals surface area contributed by atoms with Crippen LogP contribution >= 0.6 is 45.8 Å². The summed E-state index contributed by atoms with van der Waals surface area (Å²) in [6.07, 6.45) is 1.35. The largest absolute Gasteiger partial charge is 0.437 e. The molecule has 0 spiro atoms. The second kappa shape index (κ2) is 5.84. The number of aromatic nitrogens is 2. The molecule has 0 radical (unpaired) electrons. The molecule has 0 aliphatic heterocycles. The molecule has 0 bridgehead atoms. The Morgan fingerprint density at radius 1 is 1.24 bits per heavy atom. The number of halogens is 3. The summed E-state index contributed by atoms with van der Waals surface area (Å²) in [6.45, 7) is 0. The summed E-state index contributed by atoms with van der Waals surface area (Å²) < 4.78 is 6.67. The van der Waals surface area contributed by atoms with Gasteiger partial charge in [-0.1, -0.05) is 23.7 Å². The molecule has 0 saturated carbocycles. The number of para-hydroxylation sites is 1. The van der Waals surface area contributed by atoms with Crippen LogP contribution in [0.2, 0.25) is 5.15 Å². The molecule has 17 heavy (non-hydrogen) atoms. The van der Waals surface area contributed by atoms with Crippen LogP contribution in [0.3, 0.4) is 0 Å². The lowest BCUT2D eigenvalue weighted by Gasteiger charge is -2.09. The van der Waals surface area contributed by atoms with E-state index >= 15 is 0 Å². The van der Waals surface area contributed by atoms with Crippen LogP contribution in [0.4, 0.5) is 0 Å². The zero-order chi connectivity index (χ0) is 12.3. The highest BCUT2D eigenvalue weighted by atomic mass is 127. The highest BCUT2D eigenvalue weighted by molar-refractivity contribution is 14.1. The van der Waals surface area contributed by atoms with Crippen LogP contribution in [0.5, 0.6) is 11.6 Å². The molecular weight excluding hydrogens is 374 g/mol. The molecule has 0 fully saturated rings. The van der Waals surface area contributed by atoms with Gasteiger partial charge in [0.25, 0.3) is 0 Å². The molecule has 0 unspecified atom stereocenters. The molecule has 1 aromatic heterocycles. The van der Waals surface area contributed by atoms with Crippen molar-refractivity contribution in [1.82, 2.24) is 9.97 Å². The molecule has 2 aromatic rings. The number of alkyl halides is 1. The van der Waals surface area contributed by atoms with Crippen molar-refractivity contribution < 1.29 is 4.74 Å². The molecule has 0 atom stereocenters. The molecule has 0 aliphatic rings. The van der Waals surface area contributed by atoms with Gasteiger partial charge in [0.15, 0.2) is 0 Å². The van der Waals surface area contributed by atoms with E-state index in [-0.39, 0.29) is 5.88 Å². The minimum Gasteiger partial charge on any atom is -0.437 e. The normalized spacial score (nSPS) is 10.3. The number of ether oxygens (including phenoxy) is 1. The molecule has 0 N–H and O–H groups in total. The van der Waals surface area contributed by atoms with Crippen molar-refractivity contribution >= 4 is 45.8 Å². The van der Waals surface area contributed by atoms with Crippen LogP contribution in [0.15, 0.2) is 30.6 Å². The van der Waals surface area contributed by atoms with Gasteiger partial charge in [0.1, 0.15) is 17.2 Å². The predicted octanol–water partition coefficient (Wildman–Crippen LogP) is 4.27. The zero-order valence-corrected chi connectivity index (χ0v) is 12.2. The van der Waals surface area contributed by atoms with E-state index < -0.39 is 0 Å². The first kappa shape index (κ1) is 12.9. The van der Waals surface area contributed by atoms with E-state index in [1.54, 1.807) is 0 Å². The van der Waals surface area contributed by atoms with Gasteiger partial charge in [-0.2, -0.15) is 0 Å². The Bertz CT molecular complexity index is 537. The number of hydrogen-bond donors (Lipinski definition) is 0. The van der Waals surface area contributed by atoms with E-state index in [1.165, 1.54) is 6.33 Å². The molecule has 0 amide bonds. The van der Waals surface area contributed by atoms with E-state index in [9.17, 15) is 0 Å². The lowest BCUT2D eigenvalue weighted by molar-refractivity contribution is 0.453. The van der Waals surface area contributed by atoms with Crippen molar-refractivity contribution in [3.63, 3.8) is 0 Å². The second-order valence-electron chi connectivity index (χ2n) is 3.11. The lowest BCUT2D eigenvalue weighted by Crippen LogP contribution is -1.96. The minimum absolute atomic E-state index is 0.207. The van der Waals surface area contributed by atoms with Crippen molar-refractivity contribution in [2.24, 2.45) is 0 Å². The number of rotatable bonds is 3. The fourth-order valence-corrected chi connectivity index (χ4v) is 2.21. The number of benzene rings is 1. The van der Waals surface area contributed by atoms with Gasteiger partial charge >= 0.3 is 0 Å². The summed E-state index contributed by atoms with van der Waals surface area (Å²) in [4.78, 5) is 7.90. The van der Waals surface area contributed by atoms with Crippen LogP contribution < -0.4 is 4.74 Å². The minimum atomic E-state index is 0.207. The Kier molecular flexibility index (Phi) is 4.42. The third-order valence-electron chi connectivity index (χ3n) is 2.03. The average Bonchev–Trinajstić information content (AvgIpc) is 2.32. The second-order valence-corrected chi connectivity index (χ2v) is 4.90. The molecular formula is C11H7Cl2IN2O. The van der Waals surface area contributed by atoms with Gasteiger partial charge in [-0.25, -0.2) is 9.97 Å². The van der Waals surface area contributed by atoms with E-state index in [2.05, 4.69) is 32.6 Å². The summed E-state index contributed by atoms with van der Waals surface area (Å²) in [5.41, 5.74) is 0.593.